The third-order valence-corrected chi connectivity index (χ3v) is 3.26. The Morgan fingerprint density at radius 2 is 2.06 bits per heavy atom. The second-order valence-corrected chi connectivity index (χ2v) is 5.02. The molecule has 0 fully saturated rings. The van der Waals surface area contributed by atoms with Crippen LogP contribution in [0.3, 0.4) is 0 Å². The van der Waals surface area contributed by atoms with Crippen LogP contribution in [0.2, 0.25) is 5.02 Å². The van der Waals surface area contributed by atoms with Gasteiger partial charge in [0.05, 0.1) is 0 Å². The molecule has 1 heterocycles. The van der Waals surface area contributed by atoms with Gasteiger partial charge in [-0.25, -0.2) is 4.99 Å². The van der Waals surface area contributed by atoms with Crippen molar-refractivity contribution in [1.82, 2.24) is 10.2 Å². The highest BCUT2D eigenvalue weighted by atomic mass is 35.5. The summed E-state index contributed by atoms with van der Waals surface area (Å²) in [7, 11) is 0. The van der Waals surface area contributed by atoms with Gasteiger partial charge in [-0.15, -0.1) is 10.2 Å². The Hall–Kier alpha value is -1.26. The quantitative estimate of drug-likeness (QED) is 0.787. The predicted molar refractivity (Wildman–Crippen MR) is 72.6 cm³/mol. The van der Waals surface area contributed by atoms with E-state index in [4.69, 9.17) is 11.6 Å². The van der Waals surface area contributed by atoms with Gasteiger partial charge in [0.15, 0.2) is 0 Å². The summed E-state index contributed by atoms with van der Waals surface area (Å²) < 4.78 is 0. The van der Waals surface area contributed by atoms with Crippen LogP contribution in [0.1, 0.15) is 23.9 Å². The van der Waals surface area contributed by atoms with E-state index < -0.39 is 0 Å². The molecular weight excluding hydrogens is 254 g/mol. The number of aromatic nitrogens is 2. The lowest BCUT2D eigenvalue weighted by molar-refractivity contribution is 0.878. The van der Waals surface area contributed by atoms with Crippen molar-refractivity contribution in [2.24, 2.45) is 4.99 Å². The van der Waals surface area contributed by atoms with Crippen LogP contribution in [0.15, 0.2) is 29.3 Å². The second-order valence-electron chi connectivity index (χ2n) is 3.54. The Bertz CT molecular complexity index is 505. The highest BCUT2D eigenvalue weighted by Crippen LogP contribution is 2.19. The Morgan fingerprint density at radius 3 is 2.76 bits per heavy atom. The van der Waals surface area contributed by atoms with Crippen molar-refractivity contribution in [2.75, 3.05) is 0 Å². The zero-order valence-electron chi connectivity index (χ0n) is 9.43. The van der Waals surface area contributed by atoms with Crippen molar-refractivity contribution in [3.8, 4) is 0 Å². The van der Waals surface area contributed by atoms with Crippen LogP contribution in [0.5, 0.6) is 0 Å². The minimum absolute atomic E-state index is 0.698. The second kappa shape index (κ2) is 5.89. The Labute approximate surface area is 109 Å². The average molecular weight is 266 g/mol. The van der Waals surface area contributed by atoms with Crippen molar-refractivity contribution in [3.05, 3.63) is 39.9 Å². The molecule has 2 aromatic rings. The lowest BCUT2D eigenvalue weighted by Crippen LogP contribution is -1.79. The molecule has 0 saturated heterocycles. The van der Waals surface area contributed by atoms with Crippen molar-refractivity contribution in [3.63, 3.8) is 0 Å². The molecule has 0 radical (unpaired) electrons. The lowest BCUT2D eigenvalue weighted by atomic mass is 10.2. The van der Waals surface area contributed by atoms with E-state index in [1.807, 2.05) is 24.3 Å². The highest BCUT2D eigenvalue weighted by molar-refractivity contribution is 7.14. The van der Waals surface area contributed by atoms with Gasteiger partial charge in [-0.3, -0.25) is 0 Å². The summed E-state index contributed by atoms with van der Waals surface area (Å²) in [6, 6.07) is 7.51. The van der Waals surface area contributed by atoms with Crippen LogP contribution in [-0.2, 0) is 6.42 Å². The number of aryl methyl sites for hydroxylation is 1. The Kier molecular flexibility index (Phi) is 4.23. The van der Waals surface area contributed by atoms with E-state index in [0.29, 0.717) is 5.13 Å². The van der Waals surface area contributed by atoms with E-state index in [-0.39, 0.29) is 0 Å². The molecule has 0 atom stereocenters. The van der Waals surface area contributed by atoms with Crippen LogP contribution in [-0.4, -0.2) is 16.4 Å². The van der Waals surface area contributed by atoms with Crippen molar-refractivity contribution >= 4 is 34.3 Å². The van der Waals surface area contributed by atoms with Gasteiger partial charge in [-0.1, -0.05) is 42.0 Å². The summed E-state index contributed by atoms with van der Waals surface area (Å²) in [5.74, 6) is 0. The molecule has 3 nitrogen and oxygen atoms in total. The molecule has 0 bridgehead atoms. The van der Waals surface area contributed by atoms with Gasteiger partial charge in [0.25, 0.3) is 0 Å². The molecule has 2 rings (SSSR count). The van der Waals surface area contributed by atoms with Crippen LogP contribution < -0.4 is 0 Å². The van der Waals surface area contributed by atoms with Gasteiger partial charge in [0.1, 0.15) is 5.01 Å². The highest BCUT2D eigenvalue weighted by Gasteiger charge is 2.00. The average Bonchev–Trinajstić information content (AvgIpc) is 2.77. The number of hydrogen-bond acceptors (Lipinski definition) is 4. The molecule has 0 N–H and O–H groups in total. The van der Waals surface area contributed by atoms with E-state index >= 15 is 0 Å². The number of rotatable bonds is 4. The minimum atomic E-state index is 0.698. The molecule has 0 saturated carbocycles. The van der Waals surface area contributed by atoms with Gasteiger partial charge in [0.2, 0.25) is 5.13 Å². The topological polar surface area (TPSA) is 38.1 Å². The van der Waals surface area contributed by atoms with E-state index in [1.54, 1.807) is 6.21 Å². The number of benzene rings is 1. The predicted octanol–water partition coefficient (Wildman–Crippen LogP) is 3.89. The molecule has 0 aliphatic rings. The number of halogens is 1. The van der Waals surface area contributed by atoms with Crippen molar-refractivity contribution < 1.29 is 0 Å². The maximum absolute atomic E-state index is 5.80. The molecule has 88 valence electrons. The molecule has 1 aromatic heterocycles. The Morgan fingerprint density at radius 1 is 1.29 bits per heavy atom. The van der Waals surface area contributed by atoms with Crippen LogP contribution in [0.25, 0.3) is 0 Å². The maximum atomic E-state index is 5.80. The Balaban J connectivity index is 2.06. The fraction of sp³-hybridized carbons (Fsp3) is 0.250. The van der Waals surface area contributed by atoms with Crippen LogP contribution in [0.4, 0.5) is 5.13 Å². The minimum Gasteiger partial charge on any atom is -0.226 e. The van der Waals surface area contributed by atoms with Gasteiger partial charge < -0.3 is 0 Å². The molecule has 0 aliphatic carbocycles. The summed E-state index contributed by atoms with van der Waals surface area (Å²) in [5.41, 5.74) is 1.00. The van der Waals surface area contributed by atoms with E-state index in [2.05, 4.69) is 22.1 Å². The summed E-state index contributed by atoms with van der Waals surface area (Å²) >= 11 is 7.34. The first-order chi connectivity index (χ1) is 8.28. The largest absolute Gasteiger partial charge is 0.231 e. The van der Waals surface area contributed by atoms with Crippen molar-refractivity contribution in [2.45, 2.75) is 19.8 Å². The molecular formula is C12H12ClN3S. The zero-order chi connectivity index (χ0) is 12.1. The molecule has 1 aromatic carbocycles. The number of aliphatic imine (C=N–C) groups is 1. The molecule has 5 heteroatoms. The van der Waals surface area contributed by atoms with E-state index in [0.717, 1.165) is 28.4 Å². The first-order valence-electron chi connectivity index (χ1n) is 5.40. The van der Waals surface area contributed by atoms with Gasteiger partial charge in [-0.2, -0.15) is 0 Å². The monoisotopic (exact) mass is 265 g/mol. The van der Waals surface area contributed by atoms with Gasteiger partial charge >= 0.3 is 0 Å². The summed E-state index contributed by atoms with van der Waals surface area (Å²) in [6.45, 7) is 2.12. The number of hydrogen-bond donors (Lipinski definition) is 0. The lowest BCUT2D eigenvalue weighted by Gasteiger charge is -1.91. The van der Waals surface area contributed by atoms with Crippen molar-refractivity contribution in [1.29, 1.82) is 0 Å². The fourth-order valence-electron chi connectivity index (χ4n) is 1.29. The summed E-state index contributed by atoms with van der Waals surface area (Å²) in [4.78, 5) is 4.29. The van der Waals surface area contributed by atoms with Gasteiger partial charge in [-0.05, 0) is 24.1 Å². The maximum Gasteiger partial charge on any atom is 0.231 e. The smallest absolute Gasteiger partial charge is 0.226 e. The van der Waals surface area contributed by atoms with E-state index in [1.165, 1.54) is 11.3 Å². The van der Waals surface area contributed by atoms with Gasteiger partial charge in [0, 0.05) is 17.7 Å². The molecule has 0 spiro atoms. The van der Waals surface area contributed by atoms with Crippen LogP contribution in [0, 0.1) is 0 Å². The number of nitrogens with zero attached hydrogens (tertiary/aromatic N) is 3. The third kappa shape index (κ3) is 3.61. The van der Waals surface area contributed by atoms with Crippen LogP contribution >= 0.6 is 22.9 Å². The molecule has 0 unspecified atom stereocenters. The first-order valence-corrected chi connectivity index (χ1v) is 6.59. The normalized spacial score (nSPS) is 11.2. The molecule has 0 aliphatic heterocycles. The zero-order valence-corrected chi connectivity index (χ0v) is 11.0. The standard InChI is InChI=1S/C12H12ClN3S/c1-2-3-11-15-16-12(17-11)14-8-9-4-6-10(13)7-5-9/h4-8H,2-3H2,1H3. The third-order valence-electron chi connectivity index (χ3n) is 2.11. The first kappa shape index (κ1) is 12.2. The fourth-order valence-corrected chi connectivity index (χ4v) is 2.20. The SMILES string of the molecule is CCCc1nnc(N=Cc2ccc(Cl)cc2)s1. The summed E-state index contributed by atoms with van der Waals surface area (Å²) in [6.07, 6.45) is 3.82. The van der Waals surface area contributed by atoms with E-state index in [9.17, 15) is 0 Å². The molecule has 17 heavy (non-hydrogen) atoms. The summed E-state index contributed by atoms with van der Waals surface area (Å²) in [5, 5.41) is 10.5. The molecule has 0 amide bonds.